The topological polar surface area (TPSA) is 3.24 Å². The first-order chi connectivity index (χ1) is 6.77. The van der Waals surface area contributed by atoms with Gasteiger partial charge in [0.15, 0.2) is 0 Å². The van der Waals surface area contributed by atoms with E-state index >= 15 is 0 Å². The molecule has 0 aliphatic rings. The number of hydrogen-bond donors (Lipinski definition) is 0. The van der Waals surface area contributed by atoms with Crippen molar-refractivity contribution in [1.82, 2.24) is 4.90 Å². The first kappa shape index (κ1) is 11.8. The Labute approximate surface area is 93.3 Å². The third-order valence-corrected chi connectivity index (χ3v) is 2.37. The number of nitrogens with zero attached hydrogens (tertiary/aromatic N) is 1. The molecule has 0 aliphatic heterocycles. The second-order valence-electron chi connectivity index (χ2n) is 3.88. The summed E-state index contributed by atoms with van der Waals surface area (Å²) in [5, 5.41) is 2.69. The van der Waals surface area contributed by atoms with Gasteiger partial charge in [0.05, 0.1) is 0 Å². The normalized spacial score (nSPS) is 10.3. The molecule has 1 nitrogen and oxygen atoms in total. The fourth-order valence-electron chi connectivity index (χ4n) is 1.77. The number of benzene rings is 2. The highest BCUT2D eigenvalue weighted by atomic mass is 15.0. The zero-order valence-electron chi connectivity index (χ0n) is 9.27. The molecular formula is C13H15BN. The van der Waals surface area contributed by atoms with E-state index in [0.717, 1.165) is 6.54 Å². The molecule has 2 heteroatoms. The van der Waals surface area contributed by atoms with Crippen LogP contribution in [0.2, 0.25) is 0 Å². The van der Waals surface area contributed by atoms with Gasteiger partial charge in [-0.15, -0.1) is 0 Å². The van der Waals surface area contributed by atoms with Crippen LogP contribution in [0.15, 0.2) is 42.5 Å². The van der Waals surface area contributed by atoms with E-state index in [1.165, 1.54) is 16.3 Å². The Hall–Kier alpha value is -1.28. The first-order valence-electron chi connectivity index (χ1n) is 4.89. The summed E-state index contributed by atoms with van der Waals surface area (Å²) < 4.78 is 0. The molecule has 2 aromatic carbocycles. The Morgan fingerprint density at radius 1 is 0.933 bits per heavy atom. The Morgan fingerprint density at radius 3 is 2.33 bits per heavy atom. The molecule has 0 atom stereocenters. The van der Waals surface area contributed by atoms with Gasteiger partial charge in [-0.3, -0.25) is 0 Å². The van der Waals surface area contributed by atoms with Crippen LogP contribution in [0.25, 0.3) is 10.8 Å². The monoisotopic (exact) mass is 196 g/mol. The molecular weight excluding hydrogens is 181 g/mol. The zero-order chi connectivity index (χ0) is 9.97. The first-order valence-corrected chi connectivity index (χ1v) is 4.89. The Balaban J connectivity index is 0.00000112. The van der Waals surface area contributed by atoms with Gasteiger partial charge in [-0.05, 0) is 30.4 Å². The molecule has 0 saturated carbocycles. The predicted molar refractivity (Wildman–Crippen MR) is 67.1 cm³/mol. The number of hydrogen-bond acceptors (Lipinski definition) is 1. The van der Waals surface area contributed by atoms with Crippen LogP contribution in [0.1, 0.15) is 5.56 Å². The van der Waals surface area contributed by atoms with Gasteiger partial charge in [0.25, 0.3) is 0 Å². The third-order valence-electron chi connectivity index (χ3n) is 2.37. The van der Waals surface area contributed by atoms with Crippen molar-refractivity contribution >= 4 is 19.2 Å². The van der Waals surface area contributed by atoms with Crippen molar-refractivity contribution in [3.05, 3.63) is 48.0 Å². The van der Waals surface area contributed by atoms with Gasteiger partial charge < -0.3 is 4.90 Å². The summed E-state index contributed by atoms with van der Waals surface area (Å²) >= 11 is 0. The molecule has 15 heavy (non-hydrogen) atoms. The molecule has 0 saturated heterocycles. The van der Waals surface area contributed by atoms with Crippen molar-refractivity contribution < 1.29 is 0 Å². The smallest absolute Gasteiger partial charge is 0.0233 e. The highest BCUT2D eigenvalue weighted by Crippen LogP contribution is 2.18. The van der Waals surface area contributed by atoms with E-state index in [1.807, 2.05) is 0 Å². The van der Waals surface area contributed by atoms with E-state index in [4.69, 9.17) is 0 Å². The minimum absolute atomic E-state index is 0. The van der Waals surface area contributed by atoms with Gasteiger partial charge in [0.2, 0.25) is 0 Å². The summed E-state index contributed by atoms with van der Waals surface area (Å²) in [4.78, 5) is 2.20. The molecule has 2 aromatic rings. The molecule has 0 fully saturated rings. The van der Waals surface area contributed by atoms with E-state index in [2.05, 4.69) is 61.5 Å². The summed E-state index contributed by atoms with van der Waals surface area (Å²) in [5.74, 6) is 0. The van der Waals surface area contributed by atoms with Gasteiger partial charge in [0, 0.05) is 15.0 Å². The molecule has 0 aliphatic carbocycles. The molecule has 75 valence electrons. The standard InChI is InChI=1S/C13H15N.B/c1-14(2)10-12-8-5-7-11-6-3-4-9-13(11)12;/h3-9H,10H2,1-2H3;. The molecule has 0 bridgehead atoms. The van der Waals surface area contributed by atoms with Gasteiger partial charge in [0.1, 0.15) is 0 Å². The number of fused-ring (bicyclic) bond motifs is 1. The zero-order valence-corrected chi connectivity index (χ0v) is 9.27. The van der Waals surface area contributed by atoms with Crippen LogP contribution in [0.3, 0.4) is 0 Å². The van der Waals surface area contributed by atoms with Crippen molar-refractivity contribution in [2.24, 2.45) is 0 Å². The van der Waals surface area contributed by atoms with E-state index in [0.29, 0.717) is 0 Å². The molecule has 2 rings (SSSR count). The SMILES string of the molecule is CN(C)Cc1cccc2ccccc12.[B]. The molecule has 0 aromatic heterocycles. The predicted octanol–water partition coefficient (Wildman–Crippen LogP) is 2.52. The van der Waals surface area contributed by atoms with E-state index in [9.17, 15) is 0 Å². The van der Waals surface area contributed by atoms with Crippen LogP contribution in [-0.4, -0.2) is 27.4 Å². The van der Waals surface area contributed by atoms with Crippen molar-refractivity contribution in [2.75, 3.05) is 14.1 Å². The maximum absolute atomic E-state index is 2.20. The van der Waals surface area contributed by atoms with E-state index in [1.54, 1.807) is 0 Å². The molecule has 0 heterocycles. The lowest BCUT2D eigenvalue weighted by atomic mass is 10.0. The van der Waals surface area contributed by atoms with Gasteiger partial charge in [-0.2, -0.15) is 0 Å². The minimum atomic E-state index is 0. The summed E-state index contributed by atoms with van der Waals surface area (Å²) in [7, 11) is 4.20. The van der Waals surface area contributed by atoms with Crippen LogP contribution in [-0.2, 0) is 6.54 Å². The van der Waals surface area contributed by atoms with Gasteiger partial charge in [-0.25, -0.2) is 0 Å². The van der Waals surface area contributed by atoms with E-state index in [-0.39, 0.29) is 8.41 Å². The van der Waals surface area contributed by atoms with Crippen molar-refractivity contribution in [2.45, 2.75) is 6.54 Å². The van der Waals surface area contributed by atoms with Crippen LogP contribution in [0.5, 0.6) is 0 Å². The highest BCUT2D eigenvalue weighted by Gasteiger charge is 2.00. The lowest BCUT2D eigenvalue weighted by Crippen LogP contribution is -2.10. The quantitative estimate of drug-likeness (QED) is 0.667. The second-order valence-corrected chi connectivity index (χ2v) is 3.88. The van der Waals surface area contributed by atoms with Crippen LogP contribution < -0.4 is 0 Å². The van der Waals surface area contributed by atoms with Gasteiger partial charge >= 0.3 is 0 Å². The molecule has 0 spiro atoms. The largest absolute Gasteiger partial charge is 0.305 e. The minimum Gasteiger partial charge on any atom is -0.305 e. The maximum atomic E-state index is 2.20. The molecule has 0 N–H and O–H groups in total. The Bertz CT molecular complexity index is 432. The van der Waals surface area contributed by atoms with Crippen molar-refractivity contribution in [1.29, 1.82) is 0 Å². The number of rotatable bonds is 2. The average Bonchev–Trinajstić information content (AvgIpc) is 2.18. The lowest BCUT2D eigenvalue weighted by Gasteiger charge is -2.11. The van der Waals surface area contributed by atoms with E-state index < -0.39 is 0 Å². The summed E-state index contributed by atoms with van der Waals surface area (Å²) in [6, 6.07) is 15.0. The summed E-state index contributed by atoms with van der Waals surface area (Å²) in [6.45, 7) is 1.00. The highest BCUT2D eigenvalue weighted by molar-refractivity contribution is 5.85. The maximum Gasteiger partial charge on any atom is 0.0233 e. The second kappa shape index (κ2) is 4.99. The molecule has 0 unspecified atom stereocenters. The van der Waals surface area contributed by atoms with Crippen LogP contribution >= 0.6 is 0 Å². The van der Waals surface area contributed by atoms with Gasteiger partial charge in [-0.1, -0.05) is 42.5 Å². The molecule has 0 amide bonds. The molecule has 3 radical (unpaired) electrons. The lowest BCUT2D eigenvalue weighted by molar-refractivity contribution is 0.404. The van der Waals surface area contributed by atoms with Crippen molar-refractivity contribution in [3.8, 4) is 0 Å². The fourth-order valence-corrected chi connectivity index (χ4v) is 1.77. The Morgan fingerprint density at radius 2 is 1.60 bits per heavy atom. The Kier molecular flexibility index (Phi) is 3.92. The van der Waals surface area contributed by atoms with Crippen LogP contribution in [0.4, 0.5) is 0 Å². The third kappa shape index (κ3) is 2.60. The summed E-state index contributed by atoms with van der Waals surface area (Å²) in [6.07, 6.45) is 0. The van der Waals surface area contributed by atoms with Crippen LogP contribution in [0, 0.1) is 0 Å². The fraction of sp³-hybridized carbons (Fsp3) is 0.231. The summed E-state index contributed by atoms with van der Waals surface area (Å²) in [5.41, 5.74) is 1.40. The average molecular weight is 196 g/mol. The van der Waals surface area contributed by atoms with Crippen molar-refractivity contribution in [3.63, 3.8) is 0 Å².